The zero-order valence-corrected chi connectivity index (χ0v) is 10.7. The molecule has 0 amide bonds. The molecule has 3 rings (SSSR count). The Morgan fingerprint density at radius 1 is 1.53 bits per heavy atom. The summed E-state index contributed by atoms with van der Waals surface area (Å²) in [6.07, 6.45) is 9.68. The summed E-state index contributed by atoms with van der Waals surface area (Å²) < 4.78 is 4.91. The number of carbonyl (C=O) groups is 1. The Labute approximate surface area is 103 Å². The van der Waals surface area contributed by atoms with Gasteiger partial charge in [0.1, 0.15) is 0 Å². The van der Waals surface area contributed by atoms with Crippen LogP contribution in [0.25, 0.3) is 0 Å². The van der Waals surface area contributed by atoms with Crippen molar-refractivity contribution in [1.29, 1.82) is 0 Å². The quantitative estimate of drug-likeness (QED) is 0.652. The Morgan fingerprint density at radius 2 is 2.35 bits per heavy atom. The predicted molar refractivity (Wildman–Crippen MR) is 65.6 cm³/mol. The molecular weight excluding hydrogens is 214 g/mol. The van der Waals surface area contributed by atoms with Gasteiger partial charge in [0.15, 0.2) is 0 Å². The summed E-state index contributed by atoms with van der Waals surface area (Å²) in [4.78, 5) is 14.3. The average molecular weight is 235 g/mol. The van der Waals surface area contributed by atoms with Crippen LogP contribution in [0.3, 0.4) is 0 Å². The molecule has 3 aliphatic rings. The van der Waals surface area contributed by atoms with Crippen LogP contribution in [0.4, 0.5) is 0 Å². The van der Waals surface area contributed by atoms with Gasteiger partial charge in [-0.05, 0) is 38.6 Å². The van der Waals surface area contributed by atoms with Crippen LogP contribution in [0.2, 0.25) is 0 Å². The maximum atomic E-state index is 11.8. The fourth-order valence-electron chi connectivity index (χ4n) is 4.34. The van der Waals surface area contributed by atoms with E-state index in [1.54, 1.807) is 0 Å². The maximum absolute atomic E-state index is 11.8. The van der Waals surface area contributed by atoms with Crippen LogP contribution < -0.4 is 0 Å². The Morgan fingerprint density at radius 3 is 3.12 bits per heavy atom. The number of fused-ring (bicyclic) bond motifs is 1. The second-order valence-corrected chi connectivity index (χ2v) is 5.76. The monoisotopic (exact) mass is 235 g/mol. The van der Waals surface area contributed by atoms with Crippen LogP contribution in [0, 0.1) is 5.92 Å². The number of hydrogen-bond donors (Lipinski definition) is 0. The molecule has 1 aliphatic carbocycles. The average Bonchev–Trinajstić information content (AvgIpc) is 2.55. The molecular formula is C14H21NO2. The van der Waals surface area contributed by atoms with Crippen molar-refractivity contribution in [3.8, 4) is 0 Å². The van der Waals surface area contributed by atoms with E-state index in [4.69, 9.17) is 4.74 Å². The van der Waals surface area contributed by atoms with Crippen LogP contribution in [0.5, 0.6) is 0 Å². The zero-order chi connectivity index (χ0) is 12.0. The van der Waals surface area contributed by atoms with Gasteiger partial charge in [-0.3, -0.25) is 4.90 Å². The largest absolute Gasteiger partial charge is 0.466 e. The van der Waals surface area contributed by atoms with Crippen LogP contribution >= 0.6 is 0 Å². The minimum atomic E-state index is -0.129. The maximum Gasteiger partial charge on any atom is 0.335 e. The molecule has 2 heterocycles. The third-order valence-electron chi connectivity index (χ3n) is 5.31. The van der Waals surface area contributed by atoms with Crippen LogP contribution in [-0.4, -0.2) is 36.6 Å². The summed E-state index contributed by atoms with van der Waals surface area (Å²) in [7, 11) is 3.68. The van der Waals surface area contributed by atoms with Crippen molar-refractivity contribution in [3.05, 3.63) is 11.6 Å². The molecule has 0 radical (unpaired) electrons. The molecule has 0 unspecified atom stereocenters. The lowest BCUT2D eigenvalue weighted by Crippen LogP contribution is -2.52. The Bertz CT molecular complexity index is 376. The van der Waals surface area contributed by atoms with Gasteiger partial charge in [-0.25, -0.2) is 4.79 Å². The summed E-state index contributed by atoms with van der Waals surface area (Å²) in [5.74, 6) is 0.653. The molecule has 3 heteroatoms. The molecule has 3 atom stereocenters. The van der Waals surface area contributed by atoms with E-state index in [1.807, 2.05) is 0 Å². The Balaban J connectivity index is 1.94. The molecule has 1 saturated carbocycles. The molecule has 3 nitrogen and oxygen atoms in total. The highest BCUT2D eigenvalue weighted by Crippen LogP contribution is 2.53. The third kappa shape index (κ3) is 1.41. The molecule has 0 aromatic heterocycles. The zero-order valence-electron chi connectivity index (χ0n) is 10.7. The number of nitrogens with zero attached hydrogens (tertiary/aromatic N) is 1. The fraction of sp³-hybridized carbons (Fsp3) is 0.786. The summed E-state index contributed by atoms with van der Waals surface area (Å²) in [6, 6.07) is 0.305. The second kappa shape index (κ2) is 3.84. The lowest BCUT2D eigenvalue weighted by molar-refractivity contribution is -0.137. The number of carbonyl (C=O) groups excluding carboxylic acids is 1. The van der Waals surface area contributed by atoms with Crippen LogP contribution in [0.15, 0.2) is 11.6 Å². The number of hydrogen-bond acceptors (Lipinski definition) is 3. The molecule has 2 bridgehead atoms. The molecule has 0 aromatic carbocycles. The van der Waals surface area contributed by atoms with Crippen molar-refractivity contribution in [2.24, 2.45) is 5.92 Å². The van der Waals surface area contributed by atoms with Crippen LogP contribution in [0.1, 0.15) is 38.5 Å². The van der Waals surface area contributed by atoms with Gasteiger partial charge in [0.2, 0.25) is 0 Å². The number of rotatable bonds is 1. The summed E-state index contributed by atoms with van der Waals surface area (Å²) in [5.41, 5.74) is 1.26. The fourth-order valence-corrected chi connectivity index (χ4v) is 4.34. The third-order valence-corrected chi connectivity index (χ3v) is 5.31. The van der Waals surface area contributed by atoms with Gasteiger partial charge in [-0.1, -0.05) is 18.9 Å². The Hall–Kier alpha value is -0.830. The molecule has 1 saturated heterocycles. The minimum Gasteiger partial charge on any atom is -0.466 e. The number of esters is 1. The number of ether oxygens (including phenoxy) is 1. The standard InChI is InChI=1S/C14H21NO2/c1-15-12-9-10-5-3-4-7-14(10,15)8-6-11(12)13(16)17-2/h6,10,12H,3-5,7-9H2,1-2H3/t10-,12-,14-/m1/s1. The van der Waals surface area contributed by atoms with E-state index in [1.165, 1.54) is 32.8 Å². The van der Waals surface area contributed by atoms with Gasteiger partial charge in [0.25, 0.3) is 0 Å². The SMILES string of the molecule is COC(=O)C1=CC[C@]23CCCC[C@@H]2C[C@H]1N3C. The minimum absolute atomic E-state index is 0.129. The normalized spacial score (nSPS) is 40.7. The van der Waals surface area contributed by atoms with E-state index in [0.29, 0.717) is 11.6 Å². The van der Waals surface area contributed by atoms with E-state index in [2.05, 4.69) is 18.0 Å². The summed E-state index contributed by atoms with van der Waals surface area (Å²) >= 11 is 0. The molecule has 2 aliphatic heterocycles. The van der Waals surface area contributed by atoms with Gasteiger partial charge in [0.05, 0.1) is 12.7 Å². The van der Waals surface area contributed by atoms with Crippen molar-refractivity contribution < 1.29 is 9.53 Å². The van der Waals surface area contributed by atoms with Crippen molar-refractivity contribution >= 4 is 5.97 Å². The molecule has 1 spiro atoms. The van der Waals surface area contributed by atoms with Gasteiger partial charge in [0, 0.05) is 11.6 Å². The smallest absolute Gasteiger partial charge is 0.335 e. The first-order valence-corrected chi connectivity index (χ1v) is 6.70. The second-order valence-electron chi connectivity index (χ2n) is 5.76. The van der Waals surface area contributed by atoms with Gasteiger partial charge in [-0.2, -0.15) is 0 Å². The van der Waals surface area contributed by atoms with Crippen LogP contribution in [-0.2, 0) is 9.53 Å². The van der Waals surface area contributed by atoms with Gasteiger partial charge in [-0.15, -0.1) is 0 Å². The highest BCUT2D eigenvalue weighted by atomic mass is 16.5. The van der Waals surface area contributed by atoms with Crippen molar-refractivity contribution in [2.45, 2.75) is 50.1 Å². The van der Waals surface area contributed by atoms with Crippen molar-refractivity contribution in [3.63, 3.8) is 0 Å². The van der Waals surface area contributed by atoms with E-state index < -0.39 is 0 Å². The first-order valence-electron chi connectivity index (χ1n) is 6.70. The number of likely N-dealkylation sites (N-methyl/N-ethyl adjacent to an activating group) is 1. The molecule has 0 aromatic rings. The van der Waals surface area contributed by atoms with E-state index in [-0.39, 0.29) is 5.97 Å². The molecule has 94 valence electrons. The number of methoxy groups -OCH3 is 1. The van der Waals surface area contributed by atoms with Crippen molar-refractivity contribution in [2.75, 3.05) is 14.2 Å². The lowest BCUT2D eigenvalue weighted by Gasteiger charge is -2.46. The van der Waals surface area contributed by atoms with E-state index in [9.17, 15) is 4.79 Å². The molecule has 17 heavy (non-hydrogen) atoms. The summed E-state index contributed by atoms with van der Waals surface area (Å²) in [6.45, 7) is 0. The highest BCUT2D eigenvalue weighted by molar-refractivity contribution is 5.90. The van der Waals surface area contributed by atoms with Gasteiger partial charge < -0.3 is 4.74 Å². The molecule has 0 N–H and O–H groups in total. The Kier molecular flexibility index (Phi) is 2.54. The first kappa shape index (κ1) is 11.3. The van der Waals surface area contributed by atoms with Gasteiger partial charge >= 0.3 is 5.97 Å². The topological polar surface area (TPSA) is 29.5 Å². The predicted octanol–water partition coefficient (Wildman–Crippen LogP) is 2.12. The van der Waals surface area contributed by atoms with Crippen molar-refractivity contribution in [1.82, 2.24) is 4.90 Å². The first-order chi connectivity index (χ1) is 8.19. The lowest BCUT2D eigenvalue weighted by atomic mass is 9.72. The highest BCUT2D eigenvalue weighted by Gasteiger charge is 2.55. The van der Waals surface area contributed by atoms with E-state index >= 15 is 0 Å². The molecule has 2 fully saturated rings. The summed E-state index contributed by atoms with van der Waals surface area (Å²) in [5, 5.41) is 0. The van der Waals surface area contributed by atoms with E-state index in [0.717, 1.165) is 24.3 Å².